The number of Topliss-reactive ketones (excluding diaryl/α,β-unsaturated/α-hetero) is 1. The molecule has 0 amide bonds. The minimum Gasteiger partial charge on any atom is -0.454 e. The Bertz CT molecular complexity index is 1180. The first kappa shape index (κ1) is 23.3. The van der Waals surface area contributed by atoms with Gasteiger partial charge in [-0.1, -0.05) is 20.8 Å². The van der Waals surface area contributed by atoms with E-state index in [1.165, 1.54) is 11.1 Å². The Kier molecular flexibility index (Phi) is 4.47. The lowest BCUT2D eigenvalue weighted by molar-refractivity contribution is -0.357. The Hall–Kier alpha value is -1.63. The van der Waals surface area contributed by atoms with Gasteiger partial charge in [-0.25, -0.2) is 0 Å². The zero-order valence-corrected chi connectivity index (χ0v) is 22.4. The Morgan fingerprint density at radius 1 is 0.973 bits per heavy atom. The molecular formula is C31H40O6. The average molecular weight is 509 g/mol. The van der Waals surface area contributed by atoms with Crippen molar-refractivity contribution < 1.29 is 28.8 Å². The molecule has 2 aliphatic heterocycles. The first-order chi connectivity index (χ1) is 17.6. The third-order valence-corrected chi connectivity index (χ3v) is 12.2. The van der Waals surface area contributed by atoms with Gasteiger partial charge in [0.2, 0.25) is 6.79 Å². The van der Waals surface area contributed by atoms with Crippen LogP contribution in [-0.4, -0.2) is 42.3 Å². The maximum absolute atomic E-state index is 13.3. The quantitative estimate of drug-likeness (QED) is 0.523. The summed E-state index contributed by atoms with van der Waals surface area (Å²) >= 11 is 0. The van der Waals surface area contributed by atoms with Gasteiger partial charge in [0.05, 0.1) is 18.8 Å². The van der Waals surface area contributed by atoms with Crippen LogP contribution in [0, 0.1) is 34.0 Å². The smallest absolute Gasteiger partial charge is 0.231 e. The van der Waals surface area contributed by atoms with Gasteiger partial charge >= 0.3 is 0 Å². The van der Waals surface area contributed by atoms with Gasteiger partial charge in [-0.3, -0.25) is 4.79 Å². The summed E-state index contributed by atoms with van der Waals surface area (Å²) in [6.07, 6.45) is 7.47. The van der Waals surface area contributed by atoms with Gasteiger partial charge in [-0.2, -0.15) is 0 Å². The van der Waals surface area contributed by atoms with Crippen molar-refractivity contribution in [3.8, 4) is 11.5 Å². The minimum atomic E-state index is -0.851. The first-order valence-electron chi connectivity index (χ1n) is 14.5. The number of benzene rings is 1. The van der Waals surface area contributed by atoms with Crippen molar-refractivity contribution in [2.45, 2.75) is 95.9 Å². The van der Waals surface area contributed by atoms with Gasteiger partial charge in [-0.15, -0.1) is 0 Å². The van der Waals surface area contributed by atoms with Gasteiger partial charge in [0, 0.05) is 35.5 Å². The van der Waals surface area contributed by atoms with E-state index in [-0.39, 0.29) is 29.0 Å². The van der Waals surface area contributed by atoms with Gasteiger partial charge in [0.1, 0.15) is 5.78 Å². The zero-order valence-electron chi connectivity index (χ0n) is 22.4. The summed E-state index contributed by atoms with van der Waals surface area (Å²) in [5, 5.41) is 12.8. The second-order valence-corrected chi connectivity index (χ2v) is 14.6. The fourth-order valence-electron chi connectivity index (χ4n) is 10.4. The van der Waals surface area contributed by atoms with Crippen LogP contribution in [0.3, 0.4) is 0 Å². The van der Waals surface area contributed by atoms with Crippen LogP contribution in [0.4, 0.5) is 0 Å². The van der Waals surface area contributed by atoms with E-state index in [1.807, 2.05) is 0 Å². The number of hydrogen-bond acceptors (Lipinski definition) is 6. The molecule has 4 saturated carbocycles. The largest absolute Gasteiger partial charge is 0.454 e. The molecular weight excluding hydrogens is 468 g/mol. The molecule has 5 fully saturated rings. The lowest BCUT2D eigenvalue weighted by Crippen LogP contribution is -2.70. The van der Waals surface area contributed by atoms with Crippen LogP contribution in [0.2, 0.25) is 0 Å². The predicted octanol–water partition coefficient (Wildman–Crippen LogP) is 5.14. The van der Waals surface area contributed by atoms with Crippen LogP contribution in [0.1, 0.15) is 89.2 Å². The molecule has 2 unspecified atom stereocenters. The molecule has 7 aliphatic rings. The van der Waals surface area contributed by atoms with Crippen molar-refractivity contribution in [1.29, 1.82) is 0 Å². The molecule has 1 saturated heterocycles. The first-order valence-corrected chi connectivity index (χ1v) is 14.5. The number of ether oxygens (including phenoxy) is 4. The molecule has 1 aromatic rings. The molecule has 6 nitrogen and oxygen atoms in total. The number of carbonyl (C=O) groups excluding carboxylic acids is 1. The molecule has 0 bridgehead atoms. The standard InChI is InChI=1S/C31H40O6/c1-27(2)15-36-31(37-16-27)9-8-29-12-18-10-23-24(35-17-34-23)11-20(18)21-13-28(3)22(4-5-25(28)32)19(26(21)29)6-7-30(29,33)14-31/h10-11,19,21-22,26,33H,4-9,12-17H2,1-3H3/t19-,21?,22-,26?,28-,29-,30+/m0/s1. The highest BCUT2D eigenvalue weighted by Crippen LogP contribution is 2.74. The Morgan fingerprint density at radius 3 is 2.51 bits per heavy atom. The molecule has 6 heteroatoms. The summed E-state index contributed by atoms with van der Waals surface area (Å²) in [7, 11) is 0. The second-order valence-electron chi connectivity index (χ2n) is 14.6. The van der Waals surface area contributed by atoms with Gasteiger partial charge in [0.25, 0.3) is 0 Å². The van der Waals surface area contributed by atoms with Crippen LogP contribution >= 0.6 is 0 Å². The van der Waals surface area contributed by atoms with Crippen molar-refractivity contribution in [3.05, 3.63) is 23.3 Å². The third-order valence-electron chi connectivity index (χ3n) is 12.2. The molecule has 0 radical (unpaired) electrons. The highest BCUT2D eigenvalue weighted by molar-refractivity contribution is 5.87. The average Bonchev–Trinajstić information content (AvgIpc) is 3.44. The van der Waals surface area contributed by atoms with Crippen molar-refractivity contribution in [1.82, 2.24) is 0 Å². The van der Waals surface area contributed by atoms with Crippen LogP contribution in [0.15, 0.2) is 12.1 Å². The molecule has 1 N–H and O–H groups in total. The molecule has 2 heterocycles. The van der Waals surface area contributed by atoms with E-state index < -0.39 is 11.4 Å². The summed E-state index contributed by atoms with van der Waals surface area (Å²) in [6, 6.07) is 4.39. The van der Waals surface area contributed by atoms with Crippen molar-refractivity contribution in [2.24, 2.45) is 34.0 Å². The Morgan fingerprint density at radius 2 is 1.73 bits per heavy atom. The summed E-state index contributed by atoms with van der Waals surface area (Å²) in [5.41, 5.74) is 1.27. The van der Waals surface area contributed by atoms with E-state index in [9.17, 15) is 9.90 Å². The van der Waals surface area contributed by atoms with Gasteiger partial charge in [-0.05, 0) is 85.5 Å². The van der Waals surface area contributed by atoms with Gasteiger partial charge in [0.15, 0.2) is 17.3 Å². The summed E-state index contributed by atoms with van der Waals surface area (Å²) in [6.45, 7) is 8.20. The second kappa shape index (κ2) is 7.11. The van der Waals surface area contributed by atoms with Crippen LogP contribution in [-0.2, 0) is 20.7 Å². The highest BCUT2D eigenvalue weighted by atomic mass is 16.7. The summed E-state index contributed by atoms with van der Waals surface area (Å²) in [5.74, 6) is 2.92. The van der Waals surface area contributed by atoms with E-state index in [0.29, 0.717) is 49.6 Å². The molecule has 8 rings (SSSR count). The lowest BCUT2D eigenvalue weighted by Gasteiger charge is -2.69. The van der Waals surface area contributed by atoms with Crippen LogP contribution in [0.25, 0.3) is 0 Å². The number of ketones is 1. The number of hydrogen-bond donors (Lipinski definition) is 1. The topological polar surface area (TPSA) is 74.2 Å². The van der Waals surface area contributed by atoms with Crippen molar-refractivity contribution in [3.63, 3.8) is 0 Å². The minimum absolute atomic E-state index is 0.000817. The van der Waals surface area contributed by atoms with E-state index >= 15 is 0 Å². The molecule has 7 atom stereocenters. The molecule has 2 spiro atoms. The fraction of sp³-hybridized carbons (Fsp3) is 0.774. The summed E-state index contributed by atoms with van der Waals surface area (Å²) in [4.78, 5) is 13.3. The molecule has 0 aromatic heterocycles. The van der Waals surface area contributed by atoms with Crippen LogP contribution in [0.5, 0.6) is 11.5 Å². The normalized spacial score (nSPS) is 46.1. The molecule has 5 aliphatic carbocycles. The Balaban J connectivity index is 1.26. The lowest BCUT2D eigenvalue weighted by atomic mass is 9.37. The maximum atomic E-state index is 13.3. The number of carbonyl (C=O) groups is 1. The monoisotopic (exact) mass is 508 g/mol. The van der Waals surface area contributed by atoms with Crippen molar-refractivity contribution in [2.75, 3.05) is 20.0 Å². The van der Waals surface area contributed by atoms with E-state index in [2.05, 4.69) is 32.9 Å². The maximum Gasteiger partial charge on any atom is 0.231 e. The molecule has 37 heavy (non-hydrogen) atoms. The highest BCUT2D eigenvalue weighted by Gasteiger charge is 2.72. The van der Waals surface area contributed by atoms with E-state index in [4.69, 9.17) is 18.9 Å². The SMILES string of the molecule is CC1(C)COC2(CC[C@@]34Cc5cc6c(cc5C5C[C@]7(C)C(=O)CC[C@H]7[C@H](CC[C@@]3(O)C2)C54)OCO6)OC1. The number of fused-ring (bicyclic) bond motifs is 5. The van der Waals surface area contributed by atoms with E-state index in [1.54, 1.807) is 0 Å². The zero-order chi connectivity index (χ0) is 25.4. The number of rotatable bonds is 0. The molecule has 200 valence electrons. The van der Waals surface area contributed by atoms with E-state index in [0.717, 1.165) is 56.4 Å². The fourth-order valence-corrected chi connectivity index (χ4v) is 10.4. The third kappa shape index (κ3) is 2.90. The van der Waals surface area contributed by atoms with Crippen molar-refractivity contribution >= 4 is 5.78 Å². The summed E-state index contributed by atoms with van der Waals surface area (Å²) < 4.78 is 24.6. The predicted molar refractivity (Wildman–Crippen MR) is 135 cm³/mol. The number of aliphatic hydroxyl groups is 1. The van der Waals surface area contributed by atoms with Crippen LogP contribution < -0.4 is 9.47 Å². The Labute approximate surface area is 219 Å². The van der Waals surface area contributed by atoms with Gasteiger partial charge < -0.3 is 24.1 Å². The molecule has 1 aromatic carbocycles.